The summed E-state index contributed by atoms with van der Waals surface area (Å²) in [6.45, 7) is 6.83. The normalized spacial score (nSPS) is 11.1. The molecule has 152 valence electrons. The van der Waals surface area contributed by atoms with Crippen LogP contribution in [0.5, 0.6) is 0 Å². The third-order valence-electron chi connectivity index (χ3n) is 3.26. The highest BCUT2D eigenvalue weighted by atomic mass is 79.9. The Hall–Kier alpha value is -2.17. The van der Waals surface area contributed by atoms with Gasteiger partial charge in [-0.05, 0) is 32.9 Å². The number of nitrogens with zero attached hydrogens (tertiary/aromatic N) is 1. The molecule has 1 aromatic heterocycles. The maximum Gasteiger partial charge on any atom is 0.410 e. The number of halogens is 1. The molecule has 0 bridgehead atoms. The van der Waals surface area contributed by atoms with E-state index in [0.717, 1.165) is 14.9 Å². The zero-order valence-corrected chi connectivity index (χ0v) is 18.2. The molecule has 2 amide bonds. The van der Waals surface area contributed by atoms with E-state index in [2.05, 4.69) is 36.9 Å². The van der Waals surface area contributed by atoms with E-state index in [1.54, 1.807) is 20.8 Å². The van der Waals surface area contributed by atoms with Gasteiger partial charge in [0.1, 0.15) is 5.60 Å². The monoisotopic (exact) mass is 470 g/mol. The summed E-state index contributed by atoms with van der Waals surface area (Å²) in [5.41, 5.74) is 1.06. The number of alkyl carbamates (subject to hydrolysis) is 1. The maximum absolute atomic E-state index is 11.6. The Morgan fingerprint density at radius 1 is 1.29 bits per heavy atom. The lowest BCUT2D eigenvalue weighted by Gasteiger charge is -2.19. The van der Waals surface area contributed by atoms with E-state index in [-0.39, 0.29) is 0 Å². The molecule has 0 saturated carbocycles. The molecule has 8 nitrogen and oxygen atoms in total. The van der Waals surface area contributed by atoms with Crippen molar-refractivity contribution in [3.8, 4) is 11.3 Å². The van der Waals surface area contributed by atoms with Crippen molar-refractivity contribution >= 4 is 44.6 Å². The van der Waals surface area contributed by atoms with Gasteiger partial charge in [-0.1, -0.05) is 39.4 Å². The first-order chi connectivity index (χ1) is 13.1. The number of anilines is 1. The summed E-state index contributed by atoms with van der Waals surface area (Å²) in [5, 5.41) is 17.5. The molecule has 1 aromatic carbocycles. The minimum Gasteiger partial charge on any atom is -0.465 e. The molecular formula is C18H23BrN4O4S. The highest BCUT2D eigenvalue weighted by Gasteiger charge is 2.16. The van der Waals surface area contributed by atoms with Gasteiger partial charge in [0, 0.05) is 34.5 Å². The van der Waals surface area contributed by atoms with Crippen molar-refractivity contribution in [2.24, 2.45) is 0 Å². The molecular weight excluding hydrogens is 448 g/mol. The lowest BCUT2D eigenvalue weighted by molar-refractivity contribution is 0.0528. The molecule has 28 heavy (non-hydrogen) atoms. The average molecular weight is 471 g/mol. The third kappa shape index (κ3) is 7.45. The quantitative estimate of drug-likeness (QED) is 0.449. The second-order valence-electron chi connectivity index (χ2n) is 6.84. The summed E-state index contributed by atoms with van der Waals surface area (Å²) in [5.74, 6) is 0. The number of nitrogens with one attached hydrogen (secondary N) is 3. The molecule has 0 fully saturated rings. The van der Waals surface area contributed by atoms with E-state index in [0.29, 0.717) is 30.5 Å². The second kappa shape index (κ2) is 9.85. The average Bonchev–Trinajstić information content (AvgIpc) is 2.94. The number of carbonyl (C=O) groups excluding carboxylic acids is 1. The zero-order valence-electron chi connectivity index (χ0n) is 15.8. The SMILES string of the molecule is CC(C)(C)OC(=O)NCCNCc1sc(NC(=O)O)nc1-c1cccc(Br)c1. The van der Waals surface area contributed by atoms with Gasteiger partial charge in [0.25, 0.3) is 0 Å². The number of rotatable bonds is 7. The lowest BCUT2D eigenvalue weighted by Crippen LogP contribution is -2.36. The van der Waals surface area contributed by atoms with E-state index < -0.39 is 17.8 Å². The topological polar surface area (TPSA) is 113 Å². The minimum absolute atomic E-state index is 0.311. The van der Waals surface area contributed by atoms with Crippen LogP contribution in [0.25, 0.3) is 11.3 Å². The third-order valence-corrected chi connectivity index (χ3v) is 4.73. The van der Waals surface area contributed by atoms with Crippen LogP contribution in [0.4, 0.5) is 14.7 Å². The smallest absolute Gasteiger partial charge is 0.410 e. The van der Waals surface area contributed by atoms with Gasteiger partial charge < -0.3 is 20.5 Å². The van der Waals surface area contributed by atoms with E-state index in [1.165, 1.54) is 11.3 Å². The summed E-state index contributed by atoms with van der Waals surface area (Å²) in [4.78, 5) is 27.8. The van der Waals surface area contributed by atoms with Crippen LogP contribution in [0.15, 0.2) is 28.7 Å². The van der Waals surface area contributed by atoms with Crippen LogP contribution >= 0.6 is 27.3 Å². The predicted octanol–water partition coefficient (Wildman–Crippen LogP) is 4.28. The maximum atomic E-state index is 11.6. The van der Waals surface area contributed by atoms with Crippen LogP contribution in [0, 0.1) is 0 Å². The Balaban J connectivity index is 1.97. The Labute approximate surface area is 175 Å². The number of aromatic nitrogens is 1. The van der Waals surface area contributed by atoms with Crippen LogP contribution in [0.1, 0.15) is 25.6 Å². The summed E-state index contributed by atoms with van der Waals surface area (Å²) >= 11 is 4.70. The Kier molecular flexibility index (Phi) is 7.78. The summed E-state index contributed by atoms with van der Waals surface area (Å²) in [6.07, 6.45) is -1.62. The van der Waals surface area contributed by atoms with Crippen molar-refractivity contribution in [3.05, 3.63) is 33.6 Å². The van der Waals surface area contributed by atoms with Crippen LogP contribution in [-0.4, -0.2) is 41.0 Å². The molecule has 0 saturated heterocycles. The molecule has 0 spiro atoms. The van der Waals surface area contributed by atoms with E-state index in [1.807, 2.05) is 24.3 Å². The fourth-order valence-electron chi connectivity index (χ4n) is 2.25. The number of carbonyl (C=O) groups is 2. The molecule has 4 N–H and O–H groups in total. The number of carboxylic acid groups (broad SMARTS) is 1. The van der Waals surface area contributed by atoms with Gasteiger partial charge in [-0.2, -0.15) is 0 Å². The van der Waals surface area contributed by atoms with Crippen molar-refractivity contribution in [3.63, 3.8) is 0 Å². The Bertz CT molecular complexity index is 835. The van der Waals surface area contributed by atoms with Gasteiger partial charge >= 0.3 is 12.2 Å². The van der Waals surface area contributed by atoms with E-state index >= 15 is 0 Å². The summed E-state index contributed by atoms with van der Waals surface area (Å²) < 4.78 is 6.09. The van der Waals surface area contributed by atoms with Crippen molar-refractivity contribution < 1.29 is 19.4 Å². The molecule has 2 rings (SSSR count). The molecule has 10 heteroatoms. The molecule has 2 aromatic rings. The number of benzene rings is 1. The van der Waals surface area contributed by atoms with Crippen LogP contribution in [0.2, 0.25) is 0 Å². The molecule has 0 atom stereocenters. The van der Waals surface area contributed by atoms with Gasteiger partial charge in [0.2, 0.25) is 0 Å². The van der Waals surface area contributed by atoms with Crippen LogP contribution in [-0.2, 0) is 11.3 Å². The first kappa shape index (κ1) is 22.1. The highest BCUT2D eigenvalue weighted by Crippen LogP contribution is 2.32. The van der Waals surface area contributed by atoms with Crippen molar-refractivity contribution in [2.75, 3.05) is 18.4 Å². The number of amides is 2. The van der Waals surface area contributed by atoms with Crippen LogP contribution < -0.4 is 16.0 Å². The van der Waals surface area contributed by atoms with Gasteiger partial charge in [0.15, 0.2) is 5.13 Å². The predicted molar refractivity (Wildman–Crippen MR) is 113 cm³/mol. The Morgan fingerprint density at radius 3 is 2.68 bits per heavy atom. The van der Waals surface area contributed by atoms with Crippen molar-refractivity contribution in [2.45, 2.75) is 32.9 Å². The molecule has 0 unspecified atom stereocenters. The fraction of sp³-hybridized carbons (Fsp3) is 0.389. The number of ether oxygens (including phenoxy) is 1. The van der Waals surface area contributed by atoms with E-state index in [9.17, 15) is 9.59 Å². The lowest BCUT2D eigenvalue weighted by atomic mass is 10.1. The van der Waals surface area contributed by atoms with Crippen molar-refractivity contribution in [1.82, 2.24) is 15.6 Å². The number of thiazole rings is 1. The zero-order chi connectivity index (χ0) is 20.7. The van der Waals surface area contributed by atoms with Gasteiger partial charge in [0.05, 0.1) is 5.69 Å². The van der Waals surface area contributed by atoms with Crippen LogP contribution in [0.3, 0.4) is 0 Å². The minimum atomic E-state index is -1.16. The molecule has 0 radical (unpaired) electrons. The van der Waals surface area contributed by atoms with Crippen molar-refractivity contribution in [1.29, 1.82) is 0 Å². The Morgan fingerprint density at radius 2 is 2.04 bits per heavy atom. The number of hydrogen-bond acceptors (Lipinski definition) is 6. The highest BCUT2D eigenvalue weighted by molar-refractivity contribution is 9.10. The molecule has 1 heterocycles. The number of hydrogen-bond donors (Lipinski definition) is 4. The van der Waals surface area contributed by atoms with E-state index in [4.69, 9.17) is 9.84 Å². The first-order valence-electron chi connectivity index (χ1n) is 8.57. The van der Waals surface area contributed by atoms with Gasteiger partial charge in [-0.3, -0.25) is 5.32 Å². The van der Waals surface area contributed by atoms with Gasteiger partial charge in [-0.15, -0.1) is 0 Å². The van der Waals surface area contributed by atoms with Gasteiger partial charge in [-0.25, -0.2) is 14.6 Å². The molecule has 0 aliphatic rings. The summed E-state index contributed by atoms with van der Waals surface area (Å²) in [7, 11) is 0. The molecule has 0 aliphatic carbocycles. The first-order valence-corrected chi connectivity index (χ1v) is 10.2. The second-order valence-corrected chi connectivity index (χ2v) is 8.84. The largest absolute Gasteiger partial charge is 0.465 e. The summed E-state index contributed by atoms with van der Waals surface area (Å²) in [6, 6.07) is 7.64. The fourth-order valence-corrected chi connectivity index (χ4v) is 3.59. The molecule has 0 aliphatic heterocycles. The standard InChI is InChI=1S/C18H23BrN4O4S/c1-18(2,3)27-17(26)21-8-7-20-10-13-14(11-5-4-6-12(19)9-11)22-15(28-13)23-16(24)25/h4-6,9,20H,7-8,10H2,1-3H3,(H,21,26)(H,22,23)(H,24,25).